The molecule has 1 atom stereocenters. The molecule has 0 saturated heterocycles. The van der Waals surface area contributed by atoms with Gasteiger partial charge in [-0.3, -0.25) is 9.59 Å². The quantitative estimate of drug-likeness (QED) is 0.407. The number of hydrogen-bond donors (Lipinski definition) is 2. The van der Waals surface area contributed by atoms with E-state index in [0.29, 0.717) is 0 Å². The number of nitrogens with zero attached hydrogens (tertiary/aromatic N) is 2. The number of nitrogens with two attached hydrogens (primary N) is 1. The zero-order valence-electron chi connectivity index (χ0n) is 7.49. The second-order valence-electron chi connectivity index (χ2n) is 2.56. The number of Topliss-reactive ketones (excluding diaryl/α,β-unsaturated/α-hetero) is 1. The lowest BCUT2D eigenvalue weighted by molar-refractivity contribution is -0.122. The molecule has 0 aliphatic carbocycles. The Bertz CT molecular complexity index is 299. The number of carbonyl (C=O) groups excluding carboxylic acids is 2. The molecule has 14 heavy (non-hydrogen) atoms. The number of primary amides is 1. The van der Waals surface area contributed by atoms with Gasteiger partial charge in [0.2, 0.25) is 11.7 Å². The Morgan fingerprint density at radius 3 is 2.50 bits per heavy atom. The fraction of sp³-hybridized carbons (Fsp3) is 0.500. The third-order valence-corrected chi connectivity index (χ3v) is 1.46. The van der Waals surface area contributed by atoms with Gasteiger partial charge < -0.3 is 11.1 Å². The van der Waals surface area contributed by atoms with Crippen molar-refractivity contribution in [3.63, 3.8) is 0 Å². The molecule has 0 saturated carbocycles. The van der Waals surface area contributed by atoms with Gasteiger partial charge in [0.15, 0.2) is 0 Å². The highest BCUT2D eigenvalue weighted by atomic mass is 16.1. The van der Waals surface area contributed by atoms with Gasteiger partial charge >= 0.3 is 0 Å². The molecule has 0 aromatic carbocycles. The third kappa shape index (κ3) is 4.86. The van der Waals surface area contributed by atoms with Crippen LogP contribution in [0, 0.1) is 22.7 Å². The van der Waals surface area contributed by atoms with Crippen molar-refractivity contribution in [1.82, 2.24) is 5.32 Å². The van der Waals surface area contributed by atoms with Crippen LogP contribution in [0.15, 0.2) is 0 Å². The minimum Gasteiger partial charge on any atom is -0.370 e. The summed E-state index contributed by atoms with van der Waals surface area (Å²) >= 11 is 0. The number of ketones is 1. The molecule has 0 rings (SSSR count). The first-order chi connectivity index (χ1) is 6.61. The summed E-state index contributed by atoms with van der Waals surface area (Å²) in [5, 5.41) is 19.2. The molecule has 0 aromatic heterocycles. The standard InChI is InChI=1S/C8H10N4O2/c9-2-1-3-12-6(4-8(11)14)7(13)5-10/h6,12H,1,3-4H2,(H2,11,14)/t6-/m0/s1. The van der Waals surface area contributed by atoms with Crippen molar-refractivity contribution < 1.29 is 9.59 Å². The van der Waals surface area contributed by atoms with Gasteiger partial charge in [-0.25, -0.2) is 0 Å². The highest BCUT2D eigenvalue weighted by Gasteiger charge is 2.19. The van der Waals surface area contributed by atoms with Crippen LogP contribution in [0.5, 0.6) is 0 Å². The lowest BCUT2D eigenvalue weighted by atomic mass is 10.1. The van der Waals surface area contributed by atoms with Crippen molar-refractivity contribution in [3.8, 4) is 12.1 Å². The number of rotatable bonds is 6. The fourth-order valence-electron chi connectivity index (χ4n) is 0.839. The number of amides is 1. The topological polar surface area (TPSA) is 120 Å². The molecule has 0 heterocycles. The minimum absolute atomic E-state index is 0.202. The Morgan fingerprint density at radius 1 is 1.43 bits per heavy atom. The first-order valence-electron chi connectivity index (χ1n) is 3.94. The zero-order chi connectivity index (χ0) is 11.0. The monoisotopic (exact) mass is 194 g/mol. The Balaban J connectivity index is 4.14. The Hall–Kier alpha value is -1.92. The molecule has 0 spiro atoms. The maximum absolute atomic E-state index is 10.9. The molecule has 1 amide bonds. The van der Waals surface area contributed by atoms with Crippen LogP contribution in [0.1, 0.15) is 12.8 Å². The maximum Gasteiger partial charge on any atom is 0.249 e. The van der Waals surface area contributed by atoms with E-state index >= 15 is 0 Å². The molecule has 0 radical (unpaired) electrons. The summed E-state index contributed by atoms with van der Waals surface area (Å²) in [5.74, 6) is -1.41. The summed E-state index contributed by atoms with van der Waals surface area (Å²) in [6.45, 7) is 0.252. The summed E-state index contributed by atoms with van der Waals surface area (Å²) in [6.07, 6.45) is -0.0220. The van der Waals surface area contributed by atoms with Crippen LogP contribution in [0.3, 0.4) is 0 Å². The van der Waals surface area contributed by atoms with Crippen LogP contribution in [-0.4, -0.2) is 24.3 Å². The van der Waals surface area contributed by atoms with E-state index in [0.717, 1.165) is 0 Å². The predicted octanol–water partition coefficient (Wildman–Crippen LogP) is -1.17. The Morgan fingerprint density at radius 2 is 2.07 bits per heavy atom. The van der Waals surface area contributed by atoms with Crippen LogP contribution in [-0.2, 0) is 9.59 Å². The average molecular weight is 194 g/mol. The number of nitriles is 2. The van der Waals surface area contributed by atoms with E-state index in [1.807, 2.05) is 6.07 Å². The van der Waals surface area contributed by atoms with E-state index in [-0.39, 0.29) is 19.4 Å². The second-order valence-corrected chi connectivity index (χ2v) is 2.56. The molecule has 0 aliphatic heterocycles. The number of nitrogens with one attached hydrogen (secondary N) is 1. The molecule has 6 heteroatoms. The molecule has 6 nitrogen and oxygen atoms in total. The summed E-state index contributed by atoms with van der Waals surface area (Å²) in [6, 6.07) is 2.37. The zero-order valence-corrected chi connectivity index (χ0v) is 7.49. The number of carbonyl (C=O) groups is 2. The van der Waals surface area contributed by atoms with Gasteiger partial charge in [0.05, 0.1) is 12.1 Å². The van der Waals surface area contributed by atoms with Crippen molar-refractivity contribution in [2.45, 2.75) is 18.9 Å². The van der Waals surface area contributed by atoms with Crippen LogP contribution >= 0.6 is 0 Å². The Labute approximate surface area is 81.3 Å². The fourth-order valence-corrected chi connectivity index (χ4v) is 0.839. The van der Waals surface area contributed by atoms with E-state index in [1.54, 1.807) is 0 Å². The van der Waals surface area contributed by atoms with Gasteiger partial charge in [-0.15, -0.1) is 0 Å². The van der Waals surface area contributed by atoms with E-state index in [9.17, 15) is 9.59 Å². The van der Waals surface area contributed by atoms with E-state index in [1.165, 1.54) is 6.07 Å². The predicted molar refractivity (Wildman–Crippen MR) is 46.5 cm³/mol. The molecule has 74 valence electrons. The van der Waals surface area contributed by atoms with Gasteiger partial charge in [-0.2, -0.15) is 10.5 Å². The summed E-state index contributed by atoms with van der Waals surface area (Å²) in [4.78, 5) is 21.4. The molecule has 0 bridgehead atoms. The highest BCUT2D eigenvalue weighted by molar-refractivity contribution is 5.99. The molecular formula is C8H10N4O2. The van der Waals surface area contributed by atoms with E-state index in [2.05, 4.69) is 5.32 Å². The first-order valence-corrected chi connectivity index (χ1v) is 3.94. The van der Waals surface area contributed by atoms with Crippen molar-refractivity contribution in [3.05, 3.63) is 0 Å². The SMILES string of the molecule is N#CCCN[C@@H](CC(N)=O)C(=O)C#N. The van der Waals surface area contributed by atoms with Crippen molar-refractivity contribution in [2.75, 3.05) is 6.54 Å². The normalized spacial score (nSPS) is 11.0. The molecule has 0 fully saturated rings. The largest absolute Gasteiger partial charge is 0.370 e. The van der Waals surface area contributed by atoms with Crippen molar-refractivity contribution >= 4 is 11.7 Å². The van der Waals surface area contributed by atoms with Crippen LogP contribution < -0.4 is 11.1 Å². The lowest BCUT2D eigenvalue weighted by Gasteiger charge is -2.10. The Kier molecular flexibility index (Phi) is 5.68. The minimum atomic E-state index is -0.897. The number of hydrogen-bond acceptors (Lipinski definition) is 5. The van der Waals surface area contributed by atoms with Crippen LogP contribution in [0.25, 0.3) is 0 Å². The van der Waals surface area contributed by atoms with Crippen LogP contribution in [0.4, 0.5) is 0 Å². The first kappa shape index (κ1) is 12.1. The van der Waals surface area contributed by atoms with Crippen molar-refractivity contribution in [2.24, 2.45) is 5.73 Å². The molecule has 0 aliphatic rings. The van der Waals surface area contributed by atoms with E-state index < -0.39 is 17.7 Å². The second kappa shape index (κ2) is 6.58. The highest BCUT2D eigenvalue weighted by Crippen LogP contribution is 1.93. The van der Waals surface area contributed by atoms with Crippen molar-refractivity contribution in [1.29, 1.82) is 10.5 Å². The smallest absolute Gasteiger partial charge is 0.249 e. The van der Waals surface area contributed by atoms with Crippen LogP contribution in [0.2, 0.25) is 0 Å². The molecule has 3 N–H and O–H groups in total. The third-order valence-electron chi connectivity index (χ3n) is 1.46. The molecular weight excluding hydrogens is 184 g/mol. The summed E-state index contributed by atoms with van der Waals surface area (Å²) < 4.78 is 0. The van der Waals surface area contributed by atoms with Gasteiger partial charge in [0.25, 0.3) is 0 Å². The maximum atomic E-state index is 10.9. The van der Waals surface area contributed by atoms with Gasteiger partial charge in [0.1, 0.15) is 6.07 Å². The van der Waals surface area contributed by atoms with Gasteiger partial charge in [0, 0.05) is 19.4 Å². The lowest BCUT2D eigenvalue weighted by Crippen LogP contribution is -2.39. The molecule has 0 aromatic rings. The average Bonchev–Trinajstić information content (AvgIpc) is 2.15. The van der Waals surface area contributed by atoms with E-state index in [4.69, 9.17) is 16.3 Å². The van der Waals surface area contributed by atoms with Gasteiger partial charge in [-0.1, -0.05) is 0 Å². The van der Waals surface area contributed by atoms with Gasteiger partial charge in [-0.05, 0) is 0 Å². The molecule has 0 unspecified atom stereocenters. The summed E-state index contributed by atoms with van der Waals surface area (Å²) in [5.41, 5.74) is 4.88. The summed E-state index contributed by atoms with van der Waals surface area (Å²) in [7, 11) is 0.